The minimum atomic E-state index is -0.967. The number of nitrogens with one attached hydrogen (secondary N) is 1. The molecule has 2 aromatic heterocycles. The molecule has 3 aromatic rings. The minimum Gasteiger partial charge on any atom is -0.382 e. The lowest BCUT2D eigenvalue weighted by Crippen LogP contribution is -2.08. The van der Waals surface area contributed by atoms with Crippen molar-refractivity contribution in [1.82, 2.24) is 14.9 Å². The number of fused-ring (bicyclic) bond motifs is 1. The number of halogens is 2. The molecular weight excluding hydrogens is 354 g/mol. The lowest BCUT2D eigenvalue weighted by Gasteiger charge is -2.12. The molecule has 0 aliphatic heterocycles. The molecule has 0 saturated heterocycles. The van der Waals surface area contributed by atoms with Crippen molar-refractivity contribution in [2.45, 2.75) is 6.92 Å². The van der Waals surface area contributed by atoms with E-state index in [4.69, 9.17) is 10.6 Å². The molecule has 140 valence electrons. The molecule has 6 nitrogen and oxygen atoms in total. The van der Waals surface area contributed by atoms with E-state index in [1.807, 2.05) is 0 Å². The Morgan fingerprint density at radius 2 is 2.11 bits per heavy atom. The van der Waals surface area contributed by atoms with Crippen LogP contribution in [0.5, 0.6) is 0 Å². The average molecular weight is 372 g/mol. The summed E-state index contributed by atoms with van der Waals surface area (Å²) in [7, 11) is 1.59. The fourth-order valence-electron chi connectivity index (χ4n) is 2.88. The van der Waals surface area contributed by atoms with E-state index in [9.17, 15) is 13.6 Å². The SMILES string of the molecule is CNOC/C=C(/c1ccc2nc(N)c(C(C)=O)n2c1)c1cccc(F)c1F. The highest BCUT2D eigenvalue weighted by atomic mass is 19.2. The summed E-state index contributed by atoms with van der Waals surface area (Å²) in [5.74, 6) is -2.06. The summed E-state index contributed by atoms with van der Waals surface area (Å²) in [6.45, 7) is 1.50. The summed E-state index contributed by atoms with van der Waals surface area (Å²) in [4.78, 5) is 21.1. The highest BCUT2D eigenvalue weighted by molar-refractivity contribution is 5.98. The van der Waals surface area contributed by atoms with Crippen molar-refractivity contribution in [3.05, 3.63) is 71.1 Å². The second-order valence-electron chi connectivity index (χ2n) is 5.78. The van der Waals surface area contributed by atoms with Gasteiger partial charge in [-0.2, -0.15) is 0 Å². The third kappa shape index (κ3) is 3.57. The second-order valence-corrected chi connectivity index (χ2v) is 5.78. The van der Waals surface area contributed by atoms with Crippen molar-refractivity contribution in [3.63, 3.8) is 0 Å². The van der Waals surface area contributed by atoms with Crippen LogP contribution in [0.3, 0.4) is 0 Å². The summed E-state index contributed by atoms with van der Waals surface area (Å²) >= 11 is 0. The third-order valence-electron chi connectivity index (χ3n) is 4.05. The Labute approximate surface area is 154 Å². The molecule has 27 heavy (non-hydrogen) atoms. The van der Waals surface area contributed by atoms with Crippen molar-refractivity contribution < 1.29 is 18.4 Å². The van der Waals surface area contributed by atoms with E-state index >= 15 is 0 Å². The van der Waals surface area contributed by atoms with Gasteiger partial charge in [0.25, 0.3) is 0 Å². The van der Waals surface area contributed by atoms with E-state index < -0.39 is 11.6 Å². The first-order chi connectivity index (χ1) is 12.9. The fraction of sp³-hybridized carbons (Fsp3) is 0.158. The Bertz CT molecular complexity index is 1040. The number of Topliss-reactive ketones (excluding diaryl/α,β-unsaturated/α-hetero) is 1. The zero-order valence-corrected chi connectivity index (χ0v) is 14.8. The number of anilines is 1. The summed E-state index contributed by atoms with van der Waals surface area (Å²) in [5, 5.41) is 0. The Kier molecular flexibility index (Phi) is 5.29. The van der Waals surface area contributed by atoms with Gasteiger partial charge in [-0.1, -0.05) is 12.1 Å². The van der Waals surface area contributed by atoms with E-state index in [0.29, 0.717) is 16.8 Å². The van der Waals surface area contributed by atoms with Crippen LogP contribution >= 0.6 is 0 Å². The number of aromatic nitrogens is 2. The lowest BCUT2D eigenvalue weighted by molar-refractivity contribution is 0.0813. The molecule has 0 aliphatic carbocycles. The van der Waals surface area contributed by atoms with E-state index in [-0.39, 0.29) is 29.5 Å². The van der Waals surface area contributed by atoms with E-state index in [1.165, 1.54) is 23.5 Å². The van der Waals surface area contributed by atoms with E-state index in [0.717, 1.165) is 6.07 Å². The number of nitrogens with zero attached hydrogens (tertiary/aromatic N) is 2. The van der Waals surface area contributed by atoms with Gasteiger partial charge in [-0.15, -0.1) is 0 Å². The predicted molar refractivity (Wildman–Crippen MR) is 98.1 cm³/mol. The zero-order chi connectivity index (χ0) is 19.6. The van der Waals surface area contributed by atoms with Crippen molar-refractivity contribution in [2.75, 3.05) is 19.4 Å². The first-order valence-electron chi connectivity index (χ1n) is 8.16. The van der Waals surface area contributed by atoms with Gasteiger partial charge in [-0.05, 0) is 35.4 Å². The number of hydrogen-bond acceptors (Lipinski definition) is 5. The van der Waals surface area contributed by atoms with Crippen molar-refractivity contribution in [3.8, 4) is 0 Å². The molecule has 0 fully saturated rings. The molecule has 0 saturated carbocycles. The number of carbonyl (C=O) groups is 1. The van der Waals surface area contributed by atoms with Crippen molar-refractivity contribution in [2.24, 2.45) is 0 Å². The summed E-state index contributed by atoms with van der Waals surface area (Å²) < 4.78 is 29.7. The molecular formula is C19H18F2N4O2. The Balaban J connectivity index is 2.20. The summed E-state index contributed by atoms with van der Waals surface area (Å²) in [6.07, 6.45) is 3.23. The predicted octanol–water partition coefficient (Wildman–Crippen LogP) is 2.98. The second kappa shape index (κ2) is 7.65. The van der Waals surface area contributed by atoms with Crippen LogP contribution < -0.4 is 11.2 Å². The van der Waals surface area contributed by atoms with Crippen LogP contribution in [0.15, 0.2) is 42.6 Å². The standard InChI is InChI=1S/C19H18F2N4O2/c1-11(26)18-19(22)24-16-7-6-12(10-25(16)18)13(8-9-27-23-2)14-4-3-5-15(20)17(14)21/h3-8,10,23H,9,22H2,1-2H3/b13-8-. The van der Waals surface area contributed by atoms with Gasteiger partial charge in [0.2, 0.25) is 0 Å². The molecule has 2 heterocycles. The summed E-state index contributed by atoms with van der Waals surface area (Å²) in [6, 6.07) is 7.30. The van der Waals surface area contributed by atoms with Crippen molar-refractivity contribution in [1.29, 1.82) is 0 Å². The average Bonchev–Trinajstić information content (AvgIpc) is 2.96. The van der Waals surface area contributed by atoms with Crippen molar-refractivity contribution >= 4 is 22.8 Å². The molecule has 1 aromatic carbocycles. The molecule has 0 radical (unpaired) electrons. The van der Waals surface area contributed by atoms with Crippen LogP contribution in [0.2, 0.25) is 0 Å². The van der Waals surface area contributed by atoms with Gasteiger partial charge >= 0.3 is 0 Å². The van der Waals surface area contributed by atoms with Crippen LogP contribution in [0.25, 0.3) is 11.2 Å². The number of imidazole rings is 1. The number of ketones is 1. The van der Waals surface area contributed by atoms with Gasteiger partial charge in [0.05, 0.1) is 6.61 Å². The smallest absolute Gasteiger partial charge is 0.180 e. The Hall–Kier alpha value is -3.10. The maximum Gasteiger partial charge on any atom is 0.180 e. The van der Waals surface area contributed by atoms with Gasteiger partial charge in [0.15, 0.2) is 23.2 Å². The molecule has 3 rings (SSSR count). The van der Waals surface area contributed by atoms with Crippen LogP contribution in [0.1, 0.15) is 28.5 Å². The lowest BCUT2D eigenvalue weighted by atomic mass is 9.98. The fourth-order valence-corrected chi connectivity index (χ4v) is 2.88. The zero-order valence-electron chi connectivity index (χ0n) is 14.8. The van der Waals surface area contributed by atoms with Crippen LogP contribution in [0.4, 0.5) is 14.6 Å². The summed E-state index contributed by atoms with van der Waals surface area (Å²) in [5.41, 5.74) is 10.1. The topological polar surface area (TPSA) is 81.7 Å². The maximum absolute atomic E-state index is 14.4. The number of benzene rings is 1. The molecule has 0 atom stereocenters. The van der Waals surface area contributed by atoms with Gasteiger partial charge < -0.3 is 5.73 Å². The monoisotopic (exact) mass is 372 g/mol. The number of hydrogen-bond donors (Lipinski definition) is 2. The molecule has 0 bridgehead atoms. The van der Waals surface area contributed by atoms with Gasteiger partial charge in [0.1, 0.15) is 11.3 Å². The molecule has 8 heteroatoms. The van der Waals surface area contributed by atoms with E-state index in [1.54, 1.807) is 31.5 Å². The normalized spacial score (nSPS) is 11.9. The van der Waals surface area contributed by atoms with Crippen LogP contribution in [-0.4, -0.2) is 28.8 Å². The Morgan fingerprint density at radius 3 is 2.81 bits per heavy atom. The van der Waals surface area contributed by atoms with Gasteiger partial charge in [0, 0.05) is 25.7 Å². The number of carbonyl (C=O) groups excluding carboxylic acids is 1. The molecule has 0 amide bonds. The first kappa shape index (κ1) is 18.7. The number of hydroxylamine groups is 1. The quantitative estimate of drug-likeness (QED) is 0.395. The maximum atomic E-state index is 14.4. The van der Waals surface area contributed by atoms with Gasteiger partial charge in [-0.25, -0.2) is 19.2 Å². The molecule has 0 spiro atoms. The molecule has 3 N–H and O–H groups in total. The van der Waals surface area contributed by atoms with E-state index in [2.05, 4.69) is 10.5 Å². The van der Waals surface area contributed by atoms with Crippen LogP contribution in [0, 0.1) is 11.6 Å². The molecule has 0 unspecified atom stereocenters. The number of pyridine rings is 1. The Morgan fingerprint density at radius 1 is 1.33 bits per heavy atom. The molecule has 0 aliphatic rings. The third-order valence-corrected chi connectivity index (χ3v) is 4.05. The number of rotatable bonds is 6. The minimum absolute atomic E-state index is 0.0755. The van der Waals surface area contributed by atoms with Crippen LogP contribution in [-0.2, 0) is 4.84 Å². The van der Waals surface area contributed by atoms with Gasteiger partial charge in [-0.3, -0.25) is 14.0 Å². The first-order valence-corrected chi connectivity index (χ1v) is 8.16. The number of nitrogen functional groups attached to an aromatic ring is 1. The highest BCUT2D eigenvalue weighted by Crippen LogP contribution is 2.28. The number of nitrogens with two attached hydrogens (primary N) is 1. The largest absolute Gasteiger partial charge is 0.382 e. The highest BCUT2D eigenvalue weighted by Gasteiger charge is 2.17.